The van der Waals surface area contributed by atoms with Gasteiger partial charge in [-0.05, 0) is 7.05 Å². The van der Waals surface area contributed by atoms with Gasteiger partial charge in [-0.25, -0.2) is 0 Å². The Balaban J connectivity index is 0. The zero-order valence-corrected chi connectivity index (χ0v) is 15.0. The van der Waals surface area contributed by atoms with E-state index < -0.39 is 0 Å². The van der Waals surface area contributed by atoms with Gasteiger partial charge in [-0.3, -0.25) is 14.5 Å². The van der Waals surface area contributed by atoms with Crippen molar-refractivity contribution in [3.8, 4) is 0 Å². The van der Waals surface area contributed by atoms with Gasteiger partial charge < -0.3 is 15.5 Å². The number of rotatable bonds is 7. The lowest BCUT2D eigenvalue weighted by molar-refractivity contribution is -0.136. The summed E-state index contributed by atoms with van der Waals surface area (Å²) in [5.41, 5.74) is 0. The quantitative estimate of drug-likeness (QED) is 0.638. The molecule has 22 heavy (non-hydrogen) atoms. The van der Waals surface area contributed by atoms with E-state index in [0.717, 1.165) is 13.1 Å². The largest absolute Gasteiger partial charge is 0.352 e. The Labute approximate surface area is 145 Å². The Morgan fingerprint density at radius 3 is 2.32 bits per heavy atom. The first-order valence-corrected chi connectivity index (χ1v) is 7.11. The fraction of sp³-hybridized carbons (Fsp3) is 0.714. The molecule has 0 aromatic heterocycles. The number of halogens is 2. The summed E-state index contributed by atoms with van der Waals surface area (Å²) >= 11 is 0. The van der Waals surface area contributed by atoms with E-state index in [1.54, 1.807) is 6.08 Å². The summed E-state index contributed by atoms with van der Waals surface area (Å²) in [5.74, 6) is 0.200. The minimum absolute atomic E-state index is 0. The van der Waals surface area contributed by atoms with Crippen LogP contribution in [0.3, 0.4) is 0 Å². The molecule has 1 fully saturated rings. The number of hydrogen-bond donors (Lipinski definition) is 2. The minimum Gasteiger partial charge on any atom is -0.352 e. The third kappa shape index (κ3) is 7.98. The number of nitrogens with zero attached hydrogens (tertiary/aromatic N) is 2. The summed E-state index contributed by atoms with van der Waals surface area (Å²) in [5, 5.41) is 5.78. The number of carbonyl (C=O) groups is 2. The second-order valence-electron chi connectivity index (χ2n) is 5.15. The number of hydrogen-bond acceptors (Lipinski definition) is 4. The Bertz CT molecular complexity index is 348. The minimum atomic E-state index is 0. The Morgan fingerprint density at radius 2 is 1.82 bits per heavy atom. The van der Waals surface area contributed by atoms with Crippen LogP contribution in [0.5, 0.6) is 0 Å². The highest BCUT2D eigenvalue weighted by Crippen LogP contribution is 2.07. The maximum Gasteiger partial charge on any atom is 0.234 e. The molecule has 1 aliphatic heterocycles. The van der Waals surface area contributed by atoms with Gasteiger partial charge in [-0.2, -0.15) is 0 Å². The molecule has 6 nitrogen and oxygen atoms in total. The first-order chi connectivity index (χ1) is 9.58. The predicted octanol–water partition coefficient (Wildman–Crippen LogP) is 0.132. The number of carbonyl (C=O) groups excluding carboxylic acids is 2. The lowest BCUT2D eigenvalue weighted by Crippen LogP contribution is -2.52. The van der Waals surface area contributed by atoms with Gasteiger partial charge in [-0.15, -0.1) is 31.4 Å². The van der Waals surface area contributed by atoms with Crippen LogP contribution in [-0.2, 0) is 9.59 Å². The predicted molar refractivity (Wildman–Crippen MR) is 93.8 cm³/mol. The van der Waals surface area contributed by atoms with Crippen molar-refractivity contribution in [2.45, 2.75) is 6.92 Å². The molecular formula is C14H28Cl2N4O2. The van der Waals surface area contributed by atoms with Gasteiger partial charge in [0.05, 0.1) is 6.54 Å². The zero-order valence-electron chi connectivity index (χ0n) is 13.3. The Morgan fingerprint density at radius 1 is 1.23 bits per heavy atom. The van der Waals surface area contributed by atoms with Crippen molar-refractivity contribution >= 4 is 36.6 Å². The van der Waals surface area contributed by atoms with Gasteiger partial charge in [0, 0.05) is 45.2 Å². The molecule has 2 amide bonds. The van der Waals surface area contributed by atoms with Crippen LogP contribution in [0.2, 0.25) is 0 Å². The lowest BCUT2D eigenvalue weighted by Gasteiger charge is -2.35. The lowest BCUT2D eigenvalue weighted by atomic mass is 10.1. The van der Waals surface area contributed by atoms with E-state index in [2.05, 4.69) is 22.1 Å². The van der Waals surface area contributed by atoms with Crippen LogP contribution in [-0.4, -0.2) is 74.5 Å². The number of amides is 2. The van der Waals surface area contributed by atoms with E-state index in [1.165, 1.54) is 0 Å². The summed E-state index contributed by atoms with van der Waals surface area (Å²) in [6.07, 6.45) is 1.66. The van der Waals surface area contributed by atoms with Crippen molar-refractivity contribution in [1.82, 2.24) is 20.4 Å². The van der Waals surface area contributed by atoms with E-state index in [0.29, 0.717) is 32.7 Å². The molecule has 0 aromatic carbocycles. The monoisotopic (exact) mass is 354 g/mol. The molecular weight excluding hydrogens is 327 g/mol. The Kier molecular flexibility index (Phi) is 13.5. The maximum absolute atomic E-state index is 12.1. The standard InChI is InChI=1S/C14H26N4O2.2ClH/c1-4-5-16-13(19)11-17-6-8-18(9-7-17)14(20)12(2)10-15-3;;/h4,12,15H,1,5-11H2,2-3H3,(H,16,19);2*1H. The third-order valence-corrected chi connectivity index (χ3v) is 3.43. The normalized spacial score (nSPS) is 16.0. The molecule has 2 N–H and O–H groups in total. The molecule has 0 aromatic rings. The highest BCUT2D eigenvalue weighted by molar-refractivity contribution is 5.85. The average molecular weight is 355 g/mol. The molecule has 1 atom stereocenters. The summed E-state index contributed by atoms with van der Waals surface area (Å²) in [6.45, 7) is 9.98. The SMILES string of the molecule is C=CCNC(=O)CN1CCN(C(=O)C(C)CNC)CC1.Cl.Cl. The fourth-order valence-electron chi connectivity index (χ4n) is 2.28. The van der Waals surface area contributed by atoms with E-state index in [1.807, 2.05) is 18.9 Å². The van der Waals surface area contributed by atoms with Gasteiger partial charge in [0.25, 0.3) is 0 Å². The van der Waals surface area contributed by atoms with E-state index >= 15 is 0 Å². The second kappa shape index (κ2) is 12.7. The van der Waals surface area contributed by atoms with Crippen LogP contribution in [0, 0.1) is 5.92 Å². The van der Waals surface area contributed by atoms with Gasteiger partial charge in [0.1, 0.15) is 0 Å². The Hall–Kier alpha value is -0.820. The molecule has 1 heterocycles. The van der Waals surface area contributed by atoms with Gasteiger partial charge >= 0.3 is 0 Å². The fourth-order valence-corrected chi connectivity index (χ4v) is 2.28. The summed E-state index contributed by atoms with van der Waals surface area (Å²) < 4.78 is 0. The highest BCUT2D eigenvalue weighted by atomic mass is 35.5. The van der Waals surface area contributed by atoms with Crippen molar-refractivity contribution in [1.29, 1.82) is 0 Å². The summed E-state index contributed by atoms with van der Waals surface area (Å²) in [7, 11) is 1.85. The first-order valence-electron chi connectivity index (χ1n) is 7.11. The number of nitrogens with one attached hydrogen (secondary N) is 2. The molecule has 0 aliphatic carbocycles. The van der Waals surface area contributed by atoms with Crippen LogP contribution >= 0.6 is 24.8 Å². The molecule has 1 aliphatic rings. The molecule has 0 spiro atoms. The van der Waals surface area contributed by atoms with Crippen molar-refractivity contribution in [2.24, 2.45) is 5.92 Å². The van der Waals surface area contributed by atoms with Crippen molar-refractivity contribution in [3.63, 3.8) is 0 Å². The van der Waals surface area contributed by atoms with Crippen LogP contribution in [0.15, 0.2) is 12.7 Å². The van der Waals surface area contributed by atoms with Crippen molar-refractivity contribution < 1.29 is 9.59 Å². The average Bonchev–Trinajstić information content (AvgIpc) is 2.45. The van der Waals surface area contributed by atoms with Crippen LogP contribution in [0.1, 0.15) is 6.92 Å². The second-order valence-corrected chi connectivity index (χ2v) is 5.15. The zero-order chi connectivity index (χ0) is 15.0. The highest BCUT2D eigenvalue weighted by Gasteiger charge is 2.25. The van der Waals surface area contributed by atoms with Gasteiger partial charge in [-0.1, -0.05) is 13.0 Å². The molecule has 1 rings (SSSR count). The molecule has 0 radical (unpaired) electrons. The smallest absolute Gasteiger partial charge is 0.234 e. The van der Waals surface area contributed by atoms with Gasteiger partial charge in [0.2, 0.25) is 11.8 Å². The molecule has 0 saturated carbocycles. The van der Waals surface area contributed by atoms with Crippen LogP contribution < -0.4 is 10.6 Å². The van der Waals surface area contributed by atoms with E-state index in [9.17, 15) is 9.59 Å². The molecule has 130 valence electrons. The molecule has 0 bridgehead atoms. The van der Waals surface area contributed by atoms with Crippen LogP contribution in [0.25, 0.3) is 0 Å². The summed E-state index contributed by atoms with van der Waals surface area (Å²) in [6, 6.07) is 0. The van der Waals surface area contributed by atoms with E-state index in [-0.39, 0.29) is 42.5 Å². The number of piperazine rings is 1. The molecule has 8 heteroatoms. The maximum atomic E-state index is 12.1. The topological polar surface area (TPSA) is 64.7 Å². The third-order valence-electron chi connectivity index (χ3n) is 3.43. The molecule has 1 saturated heterocycles. The van der Waals surface area contributed by atoms with Crippen LogP contribution in [0.4, 0.5) is 0 Å². The van der Waals surface area contributed by atoms with E-state index in [4.69, 9.17) is 0 Å². The van der Waals surface area contributed by atoms with Crippen molar-refractivity contribution in [3.05, 3.63) is 12.7 Å². The summed E-state index contributed by atoms with van der Waals surface area (Å²) in [4.78, 5) is 27.7. The molecule has 1 unspecified atom stereocenters. The first kappa shape index (κ1) is 23.4. The van der Waals surface area contributed by atoms with Crippen molar-refractivity contribution in [2.75, 3.05) is 52.9 Å². The van der Waals surface area contributed by atoms with Gasteiger partial charge in [0.15, 0.2) is 0 Å².